The van der Waals surface area contributed by atoms with Gasteiger partial charge in [0.1, 0.15) is 5.82 Å². The number of hydrogen-bond donors (Lipinski definition) is 1. The van der Waals surface area contributed by atoms with Crippen molar-refractivity contribution in [2.24, 2.45) is 0 Å². The molecule has 1 atom stereocenters. The van der Waals surface area contributed by atoms with E-state index in [0.29, 0.717) is 32.6 Å². The van der Waals surface area contributed by atoms with Gasteiger partial charge in [-0.2, -0.15) is 0 Å². The van der Waals surface area contributed by atoms with Crippen LogP contribution in [0, 0.1) is 5.82 Å². The second kappa shape index (κ2) is 8.26. The van der Waals surface area contributed by atoms with Gasteiger partial charge in [-0.05, 0) is 44.7 Å². The Hall–Kier alpha value is -1.66. The molecule has 0 radical (unpaired) electrons. The van der Waals surface area contributed by atoms with Gasteiger partial charge >= 0.3 is 0 Å². The lowest BCUT2D eigenvalue weighted by Gasteiger charge is -2.36. The molecule has 0 aliphatic carbocycles. The molecule has 1 aromatic rings. The maximum Gasteiger partial charge on any atom is 0.236 e. The van der Waals surface area contributed by atoms with Crippen LogP contribution >= 0.6 is 0 Å². The lowest BCUT2D eigenvalue weighted by molar-refractivity contribution is -0.132. The van der Waals surface area contributed by atoms with E-state index in [-0.39, 0.29) is 17.8 Å². The van der Waals surface area contributed by atoms with Crippen LogP contribution in [0.2, 0.25) is 0 Å². The quantitative estimate of drug-likeness (QED) is 0.854. The van der Waals surface area contributed by atoms with Crippen LogP contribution in [0.3, 0.4) is 0 Å². The molecule has 2 rings (SSSR count). The number of hydrogen-bond acceptors (Lipinski definition) is 4. The number of piperazine rings is 1. The number of carbonyl (C=O) groups excluding carboxylic acids is 1. The summed E-state index contributed by atoms with van der Waals surface area (Å²) < 4.78 is 13.0. The summed E-state index contributed by atoms with van der Waals surface area (Å²) >= 11 is 0. The summed E-state index contributed by atoms with van der Waals surface area (Å²) in [5, 5.41) is 9.29. The standard InChI is InChI=1S/C17H26FN3O2/c1-14(22)7-8-19(2)13-17(23)21-11-9-20(10-12-21)16-5-3-15(18)4-6-16/h3-6,14,22H,7-13H2,1-2H3. The number of likely N-dealkylation sites (N-methyl/N-ethyl adjacent to an activating group) is 1. The Balaban J connectivity index is 1.77. The zero-order chi connectivity index (χ0) is 16.8. The third-order valence-electron chi connectivity index (χ3n) is 4.16. The van der Waals surface area contributed by atoms with E-state index in [2.05, 4.69) is 4.90 Å². The summed E-state index contributed by atoms with van der Waals surface area (Å²) in [6.07, 6.45) is 0.328. The van der Waals surface area contributed by atoms with Crippen LogP contribution in [-0.2, 0) is 4.79 Å². The monoisotopic (exact) mass is 323 g/mol. The van der Waals surface area contributed by atoms with E-state index < -0.39 is 0 Å². The molecule has 6 heteroatoms. The number of aliphatic hydroxyl groups excluding tert-OH is 1. The molecule has 1 saturated heterocycles. The summed E-state index contributed by atoms with van der Waals surface area (Å²) in [5.74, 6) is -0.111. The van der Waals surface area contributed by atoms with Crippen molar-refractivity contribution >= 4 is 11.6 Å². The maximum atomic E-state index is 13.0. The van der Waals surface area contributed by atoms with E-state index >= 15 is 0 Å². The van der Waals surface area contributed by atoms with Gasteiger partial charge in [0.05, 0.1) is 12.6 Å². The molecule has 128 valence electrons. The van der Waals surface area contributed by atoms with Crippen molar-refractivity contribution < 1.29 is 14.3 Å². The van der Waals surface area contributed by atoms with Gasteiger partial charge in [-0.3, -0.25) is 9.69 Å². The molecule has 1 fully saturated rings. The fourth-order valence-corrected chi connectivity index (χ4v) is 2.68. The lowest BCUT2D eigenvalue weighted by Crippen LogP contribution is -2.51. The van der Waals surface area contributed by atoms with E-state index in [9.17, 15) is 14.3 Å². The summed E-state index contributed by atoms with van der Waals surface area (Å²) in [7, 11) is 1.90. The minimum atomic E-state index is -0.341. The normalized spacial score (nSPS) is 16.7. The predicted octanol–water partition coefficient (Wildman–Crippen LogP) is 1.18. The largest absolute Gasteiger partial charge is 0.393 e. The topological polar surface area (TPSA) is 47.0 Å². The lowest BCUT2D eigenvalue weighted by atomic mass is 10.2. The molecular formula is C17H26FN3O2. The van der Waals surface area contributed by atoms with Crippen LogP contribution < -0.4 is 4.90 Å². The summed E-state index contributed by atoms with van der Waals surface area (Å²) in [6, 6.07) is 6.47. The van der Waals surface area contributed by atoms with Gasteiger partial charge in [0, 0.05) is 38.4 Å². The first-order valence-corrected chi connectivity index (χ1v) is 8.10. The summed E-state index contributed by atoms with van der Waals surface area (Å²) in [4.78, 5) is 18.3. The molecule has 1 aromatic carbocycles. The minimum absolute atomic E-state index is 0.122. The van der Waals surface area contributed by atoms with Gasteiger partial charge in [-0.15, -0.1) is 0 Å². The van der Waals surface area contributed by atoms with Gasteiger partial charge in [-0.25, -0.2) is 4.39 Å². The third-order valence-corrected chi connectivity index (χ3v) is 4.16. The van der Waals surface area contributed by atoms with E-state index in [4.69, 9.17) is 0 Å². The van der Waals surface area contributed by atoms with Gasteiger partial charge < -0.3 is 14.9 Å². The molecule has 5 nitrogen and oxygen atoms in total. The zero-order valence-electron chi connectivity index (χ0n) is 13.9. The number of halogens is 1. The molecule has 1 heterocycles. The first-order valence-electron chi connectivity index (χ1n) is 8.10. The number of amides is 1. The van der Waals surface area contributed by atoms with Crippen LogP contribution in [0.5, 0.6) is 0 Å². The Labute approximate surface area is 137 Å². The minimum Gasteiger partial charge on any atom is -0.393 e. The molecule has 23 heavy (non-hydrogen) atoms. The molecule has 1 unspecified atom stereocenters. The Bertz CT molecular complexity index is 499. The Morgan fingerprint density at radius 1 is 1.26 bits per heavy atom. The van der Waals surface area contributed by atoms with Crippen LogP contribution in [-0.4, -0.2) is 73.2 Å². The van der Waals surface area contributed by atoms with Crippen LogP contribution in [0.4, 0.5) is 10.1 Å². The van der Waals surface area contributed by atoms with Crippen LogP contribution in [0.25, 0.3) is 0 Å². The number of anilines is 1. The molecule has 1 aliphatic heterocycles. The van der Waals surface area contributed by atoms with E-state index in [1.165, 1.54) is 12.1 Å². The highest BCUT2D eigenvalue weighted by Gasteiger charge is 2.22. The molecule has 0 aromatic heterocycles. The van der Waals surface area contributed by atoms with Crippen molar-refractivity contribution in [1.82, 2.24) is 9.80 Å². The highest BCUT2D eigenvalue weighted by molar-refractivity contribution is 5.78. The summed E-state index contributed by atoms with van der Waals surface area (Å²) in [5.41, 5.74) is 0.993. The van der Waals surface area contributed by atoms with Crippen LogP contribution in [0.15, 0.2) is 24.3 Å². The molecule has 0 bridgehead atoms. The van der Waals surface area contributed by atoms with Crippen molar-refractivity contribution in [3.05, 3.63) is 30.1 Å². The average Bonchev–Trinajstić information content (AvgIpc) is 2.54. The molecule has 0 saturated carbocycles. The first kappa shape index (κ1) is 17.7. The van der Waals surface area contributed by atoms with Crippen molar-refractivity contribution in [2.45, 2.75) is 19.4 Å². The first-order chi connectivity index (χ1) is 11.0. The second-order valence-electron chi connectivity index (χ2n) is 6.22. The van der Waals surface area contributed by atoms with Gasteiger partial charge in [-0.1, -0.05) is 0 Å². The maximum absolute atomic E-state index is 13.0. The van der Waals surface area contributed by atoms with Crippen molar-refractivity contribution in [1.29, 1.82) is 0 Å². The summed E-state index contributed by atoms with van der Waals surface area (Å²) in [6.45, 7) is 5.72. The Morgan fingerprint density at radius 3 is 2.43 bits per heavy atom. The second-order valence-corrected chi connectivity index (χ2v) is 6.22. The molecule has 1 aliphatic rings. The highest BCUT2D eigenvalue weighted by Crippen LogP contribution is 2.17. The number of aliphatic hydroxyl groups is 1. The van der Waals surface area contributed by atoms with E-state index in [1.54, 1.807) is 19.1 Å². The zero-order valence-corrected chi connectivity index (χ0v) is 13.9. The average molecular weight is 323 g/mol. The molecular weight excluding hydrogens is 297 g/mol. The van der Waals surface area contributed by atoms with Crippen molar-refractivity contribution in [2.75, 3.05) is 51.2 Å². The molecule has 1 N–H and O–H groups in total. The molecule has 1 amide bonds. The number of benzene rings is 1. The van der Waals surface area contributed by atoms with Crippen molar-refractivity contribution in [3.63, 3.8) is 0 Å². The highest BCUT2D eigenvalue weighted by atomic mass is 19.1. The fourth-order valence-electron chi connectivity index (χ4n) is 2.68. The van der Waals surface area contributed by atoms with Crippen molar-refractivity contribution in [3.8, 4) is 0 Å². The number of nitrogens with zero attached hydrogens (tertiary/aromatic N) is 3. The molecule has 0 spiro atoms. The SMILES string of the molecule is CC(O)CCN(C)CC(=O)N1CCN(c2ccc(F)cc2)CC1. The smallest absolute Gasteiger partial charge is 0.236 e. The number of carbonyl (C=O) groups is 1. The Morgan fingerprint density at radius 2 is 1.87 bits per heavy atom. The van der Waals surface area contributed by atoms with Gasteiger partial charge in [0.15, 0.2) is 0 Å². The van der Waals surface area contributed by atoms with Gasteiger partial charge in [0.25, 0.3) is 0 Å². The number of rotatable bonds is 6. The third kappa shape index (κ3) is 5.48. The Kier molecular flexibility index (Phi) is 6.36. The van der Waals surface area contributed by atoms with Crippen LogP contribution in [0.1, 0.15) is 13.3 Å². The fraction of sp³-hybridized carbons (Fsp3) is 0.588. The van der Waals surface area contributed by atoms with E-state index in [1.807, 2.05) is 16.8 Å². The predicted molar refractivity (Wildman–Crippen MR) is 89.0 cm³/mol. The van der Waals surface area contributed by atoms with E-state index in [0.717, 1.165) is 18.8 Å². The van der Waals surface area contributed by atoms with Gasteiger partial charge in [0.2, 0.25) is 5.91 Å².